The summed E-state index contributed by atoms with van der Waals surface area (Å²) >= 11 is 0. The van der Waals surface area contributed by atoms with E-state index in [0.29, 0.717) is 5.69 Å². The van der Waals surface area contributed by atoms with Gasteiger partial charge in [-0.05, 0) is 12.1 Å². The lowest BCUT2D eigenvalue weighted by Crippen LogP contribution is -2.08. The maximum Gasteiger partial charge on any atom is 0.229 e. The minimum atomic E-state index is -3.13. The molecule has 68 valence electrons. The minimum Gasteiger partial charge on any atom is -0.284 e. The summed E-state index contributed by atoms with van der Waals surface area (Å²) < 4.78 is 23.7. The highest BCUT2D eigenvalue weighted by Crippen LogP contribution is 2.05. The Bertz CT molecular complexity index is 323. The van der Waals surface area contributed by atoms with Gasteiger partial charge in [0.2, 0.25) is 10.0 Å². The van der Waals surface area contributed by atoms with Crippen LogP contribution >= 0.6 is 17.0 Å². The monoisotopic (exact) mass is 251 g/mol. The Kier molecular flexibility index (Phi) is 4.26. The number of benzene rings is 1. The molecule has 12 heavy (non-hydrogen) atoms. The van der Waals surface area contributed by atoms with Crippen molar-refractivity contribution in [3.63, 3.8) is 0 Å². The Morgan fingerprint density at radius 2 is 1.67 bits per heavy atom. The molecule has 1 N–H and O–H groups in total. The van der Waals surface area contributed by atoms with Crippen molar-refractivity contribution in [2.75, 3.05) is 11.0 Å². The molecule has 0 saturated carbocycles. The van der Waals surface area contributed by atoms with Crippen LogP contribution in [-0.4, -0.2) is 14.7 Å². The van der Waals surface area contributed by atoms with Crippen molar-refractivity contribution in [3.8, 4) is 0 Å². The van der Waals surface area contributed by atoms with E-state index in [9.17, 15) is 8.42 Å². The summed E-state index contributed by atoms with van der Waals surface area (Å²) in [5.41, 5.74) is 0.593. The Labute approximate surface area is 82.6 Å². The standard InChI is InChI=1S/C7H9NO2S.BrH/c1-11(9,10)8-7-5-3-2-4-6-7;/h2-6,8H,1H3;1H. The molecule has 0 bridgehead atoms. The van der Waals surface area contributed by atoms with E-state index in [1.165, 1.54) is 0 Å². The molecule has 0 aromatic heterocycles. The number of sulfonamides is 1. The summed E-state index contributed by atoms with van der Waals surface area (Å²) in [6.45, 7) is 0. The van der Waals surface area contributed by atoms with E-state index in [0.717, 1.165) is 6.26 Å². The van der Waals surface area contributed by atoms with Gasteiger partial charge in [-0.15, -0.1) is 17.0 Å². The fourth-order valence-corrected chi connectivity index (χ4v) is 1.28. The summed E-state index contributed by atoms with van der Waals surface area (Å²) in [5.74, 6) is 0. The second-order valence-corrected chi connectivity index (χ2v) is 3.99. The number of rotatable bonds is 2. The second kappa shape index (κ2) is 4.47. The van der Waals surface area contributed by atoms with Crippen LogP contribution in [0.5, 0.6) is 0 Å². The highest BCUT2D eigenvalue weighted by molar-refractivity contribution is 8.93. The summed E-state index contributed by atoms with van der Waals surface area (Å²) in [6.07, 6.45) is 1.12. The summed E-state index contributed by atoms with van der Waals surface area (Å²) in [6, 6.07) is 8.76. The third-order valence-corrected chi connectivity index (χ3v) is 1.68. The maximum atomic E-state index is 10.7. The quantitative estimate of drug-likeness (QED) is 0.869. The zero-order chi connectivity index (χ0) is 8.32. The van der Waals surface area contributed by atoms with E-state index in [2.05, 4.69) is 4.72 Å². The molecule has 0 unspecified atom stereocenters. The third kappa shape index (κ3) is 4.35. The number of anilines is 1. The highest BCUT2D eigenvalue weighted by Gasteiger charge is 1.98. The number of para-hydroxylation sites is 1. The molecule has 0 fully saturated rings. The van der Waals surface area contributed by atoms with Crippen molar-refractivity contribution in [2.45, 2.75) is 0 Å². The number of hydrogen-bond donors (Lipinski definition) is 1. The molecular weight excluding hydrogens is 242 g/mol. The topological polar surface area (TPSA) is 46.2 Å². The molecule has 1 aromatic rings. The first-order chi connectivity index (χ1) is 5.08. The largest absolute Gasteiger partial charge is 0.284 e. The average Bonchev–Trinajstić information content (AvgIpc) is 1.85. The van der Waals surface area contributed by atoms with Gasteiger partial charge in [-0.1, -0.05) is 18.2 Å². The van der Waals surface area contributed by atoms with Crippen molar-refractivity contribution in [1.29, 1.82) is 0 Å². The van der Waals surface area contributed by atoms with E-state index in [-0.39, 0.29) is 17.0 Å². The van der Waals surface area contributed by atoms with Gasteiger partial charge in [0, 0.05) is 5.69 Å². The van der Waals surface area contributed by atoms with Gasteiger partial charge in [0.1, 0.15) is 0 Å². The van der Waals surface area contributed by atoms with Crippen molar-refractivity contribution in [1.82, 2.24) is 0 Å². The first-order valence-corrected chi connectivity index (χ1v) is 5.00. The molecule has 0 atom stereocenters. The first-order valence-electron chi connectivity index (χ1n) is 3.11. The number of hydrogen-bond acceptors (Lipinski definition) is 2. The van der Waals surface area contributed by atoms with Gasteiger partial charge in [0.05, 0.1) is 6.26 Å². The van der Waals surface area contributed by atoms with Crippen molar-refractivity contribution in [2.24, 2.45) is 0 Å². The molecule has 0 heterocycles. The van der Waals surface area contributed by atoms with Crippen LogP contribution in [0.4, 0.5) is 5.69 Å². The van der Waals surface area contributed by atoms with Crippen LogP contribution in [0.15, 0.2) is 30.3 Å². The van der Waals surface area contributed by atoms with E-state index in [1.54, 1.807) is 24.3 Å². The Morgan fingerprint density at radius 1 is 1.17 bits per heavy atom. The van der Waals surface area contributed by atoms with Gasteiger partial charge in [-0.25, -0.2) is 8.42 Å². The summed E-state index contributed by atoms with van der Waals surface area (Å²) in [7, 11) is -3.13. The molecule has 1 rings (SSSR count). The third-order valence-electron chi connectivity index (χ3n) is 1.08. The van der Waals surface area contributed by atoms with Gasteiger partial charge in [-0.3, -0.25) is 4.72 Å². The lowest BCUT2D eigenvalue weighted by molar-refractivity contribution is 0.607. The molecule has 0 aliphatic rings. The fourth-order valence-electron chi connectivity index (χ4n) is 0.720. The van der Waals surface area contributed by atoms with Crippen LogP contribution < -0.4 is 4.72 Å². The second-order valence-electron chi connectivity index (χ2n) is 2.24. The Balaban J connectivity index is 0.00000121. The molecule has 0 aliphatic carbocycles. The van der Waals surface area contributed by atoms with Gasteiger partial charge in [0.25, 0.3) is 0 Å². The van der Waals surface area contributed by atoms with Crippen LogP contribution in [-0.2, 0) is 10.0 Å². The zero-order valence-electron chi connectivity index (χ0n) is 6.52. The molecule has 5 heteroatoms. The van der Waals surface area contributed by atoms with Gasteiger partial charge >= 0.3 is 0 Å². The van der Waals surface area contributed by atoms with Crippen LogP contribution in [0.3, 0.4) is 0 Å². The van der Waals surface area contributed by atoms with E-state index < -0.39 is 10.0 Å². The predicted octanol–water partition coefficient (Wildman–Crippen LogP) is 1.64. The van der Waals surface area contributed by atoms with Crippen molar-refractivity contribution < 1.29 is 8.42 Å². The molecule has 0 saturated heterocycles. The maximum absolute atomic E-state index is 10.7. The van der Waals surface area contributed by atoms with E-state index >= 15 is 0 Å². The number of halogens is 1. The molecule has 3 nitrogen and oxygen atoms in total. The average molecular weight is 252 g/mol. The Hall–Kier alpha value is -0.550. The lowest BCUT2D eigenvalue weighted by Gasteiger charge is -2.00. The molecule has 1 aromatic carbocycles. The van der Waals surface area contributed by atoms with Crippen LogP contribution in [0.2, 0.25) is 0 Å². The fraction of sp³-hybridized carbons (Fsp3) is 0.143. The first kappa shape index (κ1) is 11.4. The zero-order valence-corrected chi connectivity index (χ0v) is 9.05. The minimum absolute atomic E-state index is 0. The Morgan fingerprint density at radius 3 is 2.08 bits per heavy atom. The normalized spacial score (nSPS) is 10.1. The highest BCUT2D eigenvalue weighted by atomic mass is 79.9. The molecular formula is C7H10BrNO2S. The smallest absolute Gasteiger partial charge is 0.229 e. The van der Waals surface area contributed by atoms with Crippen molar-refractivity contribution in [3.05, 3.63) is 30.3 Å². The SMILES string of the molecule is Br.CS(=O)(=O)Nc1ccccc1. The molecule has 0 aliphatic heterocycles. The van der Waals surface area contributed by atoms with Crippen LogP contribution in [0, 0.1) is 0 Å². The van der Waals surface area contributed by atoms with Crippen molar-refractivity contribution >= 4 is 32.7 Å². The van der Waals surface area contributed by atoms with Gasteiger partial charge in [-0.2, -0.15) is 0 Å². The molecule has 0 spiro atoms. The van der Waals surface area contributed by atoms with E-state index in [1.807, 2.05) is 6.07 Å². The van der Waals surface area contributed by atoms with Crippen LogP contribution in [0.1, 0.15) is 0 Å². The van der Waals surface area contributed by atoms with Crippen LogP contribution in [0.25, 0.3) is 0 Å². The summed E-state index contributed by atoms with van der Waals surface area (Å²) in [4.78, 5) is 0. The molecule has 0 radical (unpaired) electrons. The van der Waals surface area contributed by atoms with E-state index in [4.69, 9.17) is 0 Å². The number of nitrogens with one attached hydrogen (secondary N) is 1. The van der Waals surface area contributed by atoms with Gasteiger partial charge in [0.15, 0.2) is 0 Å². The van der Waals surface area contributed by atoms with Gasteiger partial charge < -0.3 is 0 Å². The summed E-state index contributed by atoms with van der Waals surface area (Å²) in [5, 5.41) is 0. The lowest BCUT2D eigenvalue weighted by atomic mass is 10.3. The molecule has 0 amide bonds. The predicted molar refractivity (Wildman–Crippen MR) is 55.2 cm³/mol.